The molecule has 0 fully saturated rings. The Morgan fingerprint density at radius 1 is 1.06 bits per heavy atom. The van der Waals surface area contributed by atoms with Crippen molar-refractivity contribution in [3.63, 3.8) is 0 Å². The van der Waals surface area contributed by atoms with E-state index in [9.17, 15) is 13.2 Å². The fourth-order valence-corrected chi connectivity index (χ4v) is 4.75. The second-order valence-electron chi connectivity index (χ2n) is 6.34. The van der Waals surface area contributed by atoms with Gasteiger partial charge in [-0.2, -0.15) is 0 Å². The van der Waals surface area contributed by atoms with Gasteiger partial charge in [-0.3, -0.25) is 9.10 Å². The first-order chi connectivity index (χ1) is 14.7. The van der Waals surface area contributed by atoms with Crippen LogP contribution in [0.3, 0.4) is 0 Å². The van der Waals surface area contributed by atoms with Gasteiger partial charge in [-0.1, -0.05) is 29.3 Å². The highest BCUT2D eigenvalue weighted by molar-refractivity contribution is 9.10. The summed E-state index contributed by atoms with van der Waals surface area (Å²) in [5.74, 6) is -0.0337. The molecule has 1 N–H and O–H groups in total. The van der Waals surface area contributed by atoms with Crippen molar-refractivity contribution in [1.29, 1.82) is 0 Å². The van der Waals surface area contributed by atoms with Crippen LogP contribution >= 0.6 is 39.1 Å². The molecule has 0 aromatic heterocycles. The Bertz CT molecular complexity index is 1200. The SMILES string of the molecule is COc1ccc(S(=O)(=O)N(CC(=O)Nc2ccc(Br)c(Cl)c2)c2cccc(Cl)c2)cc1. The van der Waals surface area contributed by atoms with Crippen LogP contribution in [-0.4, -0.2) is 28.0 Å². The molecule has 0 saturated heterocycles. The van der Waals surface area contributed by atoms with E-state index in [2.05, 4.69) is 21.2 Å². The number of carbonyl (C=O) groups is 1. The first-order valence-electron chi connectivity index (χ1n) is 8.88. The quantitative estimate of drug-likeness (QED) is 0.421. The molecule has 3 aromatic carbocycles. The number of sulfonamides is 1. The van der Waals surface area contributed by atoms with Crippen LogP contribution in [0.5, 0.6) is 5.75 Å². The summed E-state index contributed by atoms with van der Waals surface area (Å²) < 4.78 is 33.5. The van der Waals surface area contributed by atoms with E-state index in [1.807, 2.05) is 0 Å². The molecule has 0 spiro atoms. The summed E-state index contributed by atoms with van der Waals surface area (Å²) in [6.45, 7) is -0.470. The van der Waals surface area contributed by atoms with Crippen molar-refractivity contribution in [2.24, 2.45) is 0 Å². The number of amides is 1. The van der Waals surface area contributed by atoms with Crippen molar-refractivity contribution in [3.05, 3.63) is 81.2 Å². The van der Waals surface area contributed by atoms with Crippen molar-refractivity contribution in [2.75, 3.05) is 23.3 Å². The highest BCUT2D eigenvalue weighted by Gasteiger charge is 2.27. The molecule has 0 unspecified atom stereocenters. The van der Waals surface area contributed by atoms with Gasteiger partial charge in [0.2, 0.25) is 5.91 Å². The van der Waals surface area contributed by atoms with Crippen LogP contribution in [0.15, 0.2) is 76.1 Å². The van der Waals surface area contributed by atoms with E-state index in [4.69, 9.17) is 27.9 Å². The lowest BCUT2D eigenvalue weighted by Gasteiger charge is -2.24. The normalized spacial score (nSPS) is 11.1. The van der Waals surface area contributed by atoms with Gasteiger partial charge in [0.1, 0.15) is 12.3 Å². The standard InChI is InChI=1S/C21H17BrCl2N2O4S/c1-30-17-6-8-18(9-7-17)31(28,29)26(16-4-2-3-14(23)11-16)13-21(27)25-15-5-10-19(22)20(24)12-15/h2-12H,13H2,1H3,(H,25,27). The number of nitrogens with zero attached hydrogens (tertiary/aromatic N) is 1. The highest BCUT2D eigenvalue weighted by atomic mass is 79.9. The second-order valence-corrected chi connectivity index (χ2v) is 9.90. The van der Waals surface area contributed by atoms with Gasteiger partial charge in [0.25, 0.3) is 10.0 Å². The second kappa shape index (κ2) is 9.91. The van der Waals surface area contributed by atoms with E-state index >= 15 is 0 Å². The number of methoxy groups -OCH3 is 1. The molecule has 0 aliphatic carbocycles. The lowest BCUT2D eigenvalue weighted by atomic mass is 10.3. The molecule has 1 amide bonds. The molecule has 6 nitrogen and oxygen atoms in total. The molecule has 0 aliphatic heterocycles. The number of nitrogens with one attached hydrogen (secondary N) is 1. The molecule has 162 valence electrons. The fourth-order valence-electron chi connectivity index (χ4n) is 2.73. The summed E-state index contributed by atoms with van der Waals surface area (Å²) in [6, 6.07) is 17.1. The average molecular weight is 544 g/mol. The lowest BCUT2D eigenvalue weighted by Crippen LogP contribution is -2.38. The van der Waals surface area contributed by atoms with Crippen LogP contribution in [0.2, 0.25) is 10.0 Å². The van der Waals surface area contributed by atoms with Gasteiger partial charge in [0.05, 0.1) is 22.7 Å². The van der Waals surface area contributed by atoms with E-state index < -0.39 is 22.5 Å². The van der Waals surface area contributed by atoms with Crippen LogP contribution in [0.1, 0.15) is 0 Å². The zero-order chi connectivity index (χ0) is 22.6. The minimum absolute atomic E-state index is 0.00719. The molecule has 0 atom stereocenters. The fraction of sp³-hybridized carbons (Fsp3) is 0.0952. The minimum atomic E-state index is -4.07. The summed E-state index contributed by atoms with van der Waals surface area (Å²) >= 11 is 15.4. The van der Waals surface area contributed by atoms with E-state index in [-0.39, 0.29) is 10.6 Å². The van der Waals surface area contributed by atoms with Crippen molar-refractivity contribution >= 4 is 66.4 Å². The monoisotopic (exact) mass is 542 g/mol. The molecule has 3 rings (SSSR count). The van der Waals surface area contributed by atoms with E-state index in [1.165, 1.54) is 37.4 Å². The predicted octanol–water partition coefficient (Wildman–Crippen LogP) is 5.60. The van der Waals surface area contributed by atoms with E-state index in [0.717, 1.165) is 4.31 Å². The Balaban J connectivity index is 1.94. The Hall–Kier alpha value is -2.26. The summed E-state index contributed by atoms with van der Waals surface area (Å²) in [5.41, 5.74) is 0.693. The first-order valence-corrected chi connectivity index (χ1v) is 11.9. The maximum Gasteiger partial charge on any atom is 0.264 e. The van der Waals surface area contributed by atoms with Gasteiger partial charge in [-0.05, 0) is 76.6 Å². The predicted molar refractivity (Wildman–Crippen MR) is 127 cm³/mol. The van der Waals surface area contributed by atoms with Crippen LogP contribution in [-0.2, 0) is 14.8 Å². The van der Waals surface area contributed by atoms with Gasteiger partial charge in [0.15, 0.2) is 0 Å². The van der Waals surface area contributed by atoms with Crippen molar-refractivity contribution in [2.45, 2.75) is 4.90 Å². The van der Waals surface area contributed by atoms with Crippen molar-refractivity contribution in [3.8, 4) is 5.75 Å². The molecule has 0 bridgehead atoms. The number of hydrogen-bond donors (Lipinski definition) is 1. The third-order valence-corrected chi connectivity index (χ3v) is 7.49. The maximum atomic E-state index is 13.4. The third kappa shape index (κ3) is 5.71. The van der Waals surface area contributed by atoms with Gasteiger partial charge < -0.3 is 10.1 Å². The van der Waals surface area contributed by atoms with Gasteiger partial charge in [0, 0.05) is 15.2 Å². The van der Waals surface area contributed by atoms with Crippen LogP contribution in [0, 0.1) is 0 Å². The topological polar surface area (TPSA) is 75.7 Å². The molecular formula is C21H17BrCl2N2O4S. The first kappa shape index (κ1) is 23.4. The number of carbonyl (C=O) groups excluding carboxylic acids is 1. The summed E-state index contributed by atoms with van der Waals surface area (Å²) in [4.78, 5) is 12.7. The smallest absolute Gasteiger partial charge is 0.264 e. The average Bonchev–Trinajstić information content (AvgIpc) is 2.74. The Morgan fingerprint density at radius 2 is 1.77 bits per heavy atom. The molecule has 0 aliphatic rings. The maximum absolute atomic E-state index is 13.4. The van der Waals surface area contributed by atoms with Crippen molar-refractivity contribution < 1.29 is 17.9 Å². The third-order valence-electron chi connectivity index (χ3n) is 4.23. The number of hydrogen-bond acceptors (Lipinski definition) is 4. The molecule has 0 saturated carbocycles. The summed E-state index contributed by atoms with van der Waals surface area (Å²) in [5, 5.41) is 3.42. The molecule has 0 radical (unpaired) electrons. The zero-order valence-corrected chi connectivity index (χ0v) is 20.1. The Morgan fingerprint density at radius 3 is 2.39 bits per heavy atom. The number of benzene rings is 3. The largest absolute Gasteiger partial charge is 0.497 e. The van der Waals surface area contributed by atoms with E-state index in [1.54, 1.807) is 36.4 Å². The molecule has 10 heteroatoms. The zero-order valence-electron chi connectivity index (χ0n) is 16.2. The molecule has 3 aromatic rings. The van der Waals surface area contributed by atoms with E-state index in [0.29, 0.717) is 26.0 Å². The summed E-state index contributed by atoms with van der Waals surface area (Å²) in [7, 11) is -2.59. The molecular weight excluding hydrogens is 527 g/mol. The number of ether oxygens (including phenoxy) is 1. The van der Waals surface area contributed by atoms with Gasteiger partial charge in [-0.25, -0.2) is 8.42 Å². The minimum Gasteiger partial charge on any atom is -0.497 e. The Labute approximate surface area is 198 Å². The molecule has 31 heavy (non-hydrogen) atoms. The Kier molecular flexibility index (Phi) is 7.48. The van der Waals surface area contributed by atoms with Crippen LogP contribution in [0.25, 0.3) is 0 Å². The summed E-state index contributed by atoms with van der Waals surface area (Å²) in [6.07, 6.45) is 0. The van der Waals surface area contributed by atoms with Crippen LogP contribution < -0.4 is 14.4 Å². The molecule has 0 heterocycles. The highest BCUT2D eigenvalue weighted by Crippen LogP contribution is 2.28. The number of anilines is 2. The van der Waals surface area contributed by atoms with Gasteiger partial charge >= 0.3 is 0 Å². The van der Waals surface area contributed by atoms with Crippen LogP contribution in [0.4, 0.5) is 11.4 Å². The van der Waals surface area contributed by atoms with Crippen molar-refractivity contribution in [1.82, 2.24) is 0 Å². The number of rotatable bonds is 7. The number of halogens is 3. The lowest BCUT2D eigenvalue weighted by molar-refractivity contribution is -0.114. The van der Waals surface area contributed by atoms with Gasteiger partial charge in [-0.15, -0.1) is 0 Å².